The van der Waals surface area contributed by atoms with Crippen molar-refractivity contribution < 1.29 is 0 Å². The van der Waals surface area contributed by atoms with E-state index in [0.29, 0.717) is 0 Å². The molecule has 2 fully saturated rings. The van der Waals surface area contributed by atoms with Crippen LogP contribution in [0.5, 0.6) is 0 Å². The molecule has 0 spiro atoms. The minimum absolute atomic E-state index is 0.887. The molecule has 1 aliphatic carbocycles. The van der Waals surface area contributed by atoms with Crippen LogP contribution in [-0.2, 0) is 13.0 Å². The zero-order valence-electron chi connectivity index (χ0n) is 25.8. The number of fused-ring (bicyclic) bond motifs is 1. The van der Waals surface area contributed by atoms with Gasteiger partial charge in [0, 0.05) is 87.6 Å². The Morgan fingerprint density at radius 2 is 1.50 bits per heavy atom. The monoisotopic (exact) mass is 627 g/mol. The molecule has 0 N–H and O–H groups in total. The quantitative estimate of drug-likeness (QED) is 0.226. The number of halogens is 1. The van der Waals surface area contributed by atoms with Gasteiger partial charge in [-0.3, -0.25) is 0 Å². The van der Waals surface area contributed by atoms with Gasteiger partial charge in [-0.15, -0.1) is 0 Å². The molecule has 2 aromatic carbocycles. The predicted octanol–water partition coefficient (Wildman–Crippen LogP) is 7.87. The Balaban J connectivity index is 1.26. The van der Waals surface area contributed by atoms with Gasteiger partial charge in [-0.05, 0) is 110 Å². The van der Waals surface area contributed by atoms with Crippen molar-refractivity contribution in [1.82, 2.24) is 17.8 Å². The zero-order chi connectivity index (χ0) is 29.3. The van der Waals surface area contributed by atoms with Crippen molar-refractivity contribution in [2.75, 3.05) is 71.4 Å². The predicted molar refractivity (Wildman–Crippen MR) is 184 cm³/mol. The van der Waals surface area contributed by atoms with Gasteiger partial charge in [-0.1, -0.05) is 49.6 Å². The first-order valence-electron chi connectivity index (χ1n) is 16.0. The summed E-state index contributed by atoms with van der Waals surface area (Å²) in [7, 11) is 4.20. The number of anilines is 1. The molecule has 2 aliphatic heterocycles. The molecule has 8 heteroatoms. The molecule has 1 saturated heterocycles. The Morgan fingerprint density at radius 3 is 2.24 bits per heavy atom. The molecule has 2 heterocycles. The van der Waals surface area contributed by atoms with Crippen LogP contribution in [0.2, 0.25) is 5.02 Å². The standard InChI is InChI=1S/C34H50ClN5S2/c1-28-24-38(41-32-16-14-31(15-17-32)36(2)3)21-8-19-37(26-29-10-5-4-6-11-29)20-9-22-39(25-28)42-40-23-18-33-30(27-40)12-7-13-34(33)35/h7,12-17,29H,1,4-6,8-11,18-27H2,2-3H3. The molecule has 0 radical (unpaired) electrons. The van der Waals surface area contributed by atoms with Crippen molar-refractivity contribution in [2.45, 2.75) is 62.8 Å². The Labute approximate surface area is 269 Å². The van der Waals surface area contributed by atoms with Gasteiger partial charge in [-0.2, -0.15) is 0 Å². The highest BCUT2D eigenvalue weighted by Gasteiger charge is 2.23. The highest BCUT2D eigenvalue weighted by atomic mass is 35.5. The lowest BCUT2D eigenvalue weighted by atomic mass is 9.89. The van der Waals surface area contributed by atoms with Crippen molar-refractivity contribution in [1.29, 1.82) is 0 Å². The third kappa shape index (κ3) is 9.65. The minimum atomic E-state index is 0.887. The van der Waals surface area contributed by atoms with Crippen molar-refractivity contribution >= 4 is 41.4 Å². The lowest BCUT2D eigenvalue weighted by molar-refractivity contribution is 0.189. The minimum Gasteiger partial charge on any atom is -0.378 e. The fraction of sp³-hybridized carbons (Fsp3) is 0.588. The van der Waals surface area contributed by atoms with E-state index in [1.165, 1.54) is 91.9 Å². The van der Waals surface area contributed by atoms with E-state index in [-0.39, 0.29) is 0 Å². The fourth-order valence-electron chi connectivity index (χ4n) is 6.55. The second-order valence-electron chi connectivity index (χ2n) is 12.5. The summed E-state index contributed by atoms with van der Waals surface area (Å²) >= 11 is 10.3. The summed E-state index contributed by atoms with van der Waals surface area (Å²) in [4.78, 5) is 6.26. The van der Waals surface area contributed by atoms with E-state index < -0.39 is 0 Å². The Bertz CT molecular complexity index is 1140. The van der Waals surface area contributed by atoms with Gasteiger partial charge in [0.15, 0.2) is 0 Å². The molecule has 3 aliphatic rings. The van der Waals surface area contributed by atoms with Gasteiger partial charge in [0.05, 0.1) is 0 Å². The summed E-state index contributed by atoms with van der Waals surface area (Å²) in [5, 5.41) is 0.920. The maximum atomic E-state index is 6.52. The average molecular weight is 628 g/mol. The summed E-state index contributed by atoms with van der Waals surface area (Å²) in [5.41, 5.74) is 5.24. The summed E-state index contributed by atoms with van der Waals surface area (Å²) in [6, 6.07) is 15.3. The maximum absolute atomic E-state index is 6.52. The molecule has 1 saturated carbocycles. The summed E-state index contributed by atoms with van der Waals surface area (Å²) in [6.07, 6.45) is 10.5. The van der Waals surface area contributed by atoms with Crippen molar-refractivity contribution in [3.8, 4) is 0 Å². The Hall–Kier alpha value is -1.19. The summed E-state index contributed by atoms with van der Waals surface area (Å²) in [6.45, 7) is 14.2. The Morgan fingerprint density at radius 1 is 0.810 bits per heavy atom. The van der Waals surface area contributed by atoms with Gasteiger partial charge in [-0.25, -0.2) is 12.9 Å². The van der Waals surface area contributed by atoms with E-state index in [0.717, 1.165) is 56.6 Å². The molecule has 2 aromatic rings. The van der Waals surface area contributed by atoms with Crippen LogP contribution in [0.1, 0.15) is 56.1 Å². The lowest BCUT2D eigenvalue weighted by Gasteiger charge is -2.35. The third-order valence-corrected chi connectivity index (χ3v) is 11.3. The molecular weight excluding hydrogens is 578 g/mol. The van der Waals surface area contributed by atoms with Crippen molar-refractivity contribution in [2.24, 2.45) is 5.92 Å². The van der Waals surface area contributed by atoms with Crippen LogP contribution < -0.4 is 4.90 Å². The third-order valence-electron chi connectivity index (χ3n) is 8.80. The van der Waals surface area contributed by atoms with E-state index in [9.17, 15) is 0 Å². The van der Waals surface area contributed by atoms with E-state index in [1.54, 1.807) is 0 Å². The largest absolute Gasteiger partial charge is 0.378 e. The number of hydrogen-bond acceptors (Lipinski definition) is 7. The van der Waals surface area contributed by atoms with E-state index in [2.05, 4.69) is 79.8 Å². The van der Waals surface area contributed by atoms with Gasteiger partial charge in [0.2, 0.25) is 0 Å². The molecule has 5 nitrogen and oxygen atoms in total. The van der Waals surface area contributed by atoms with Crippen LogP contribution in [0.3, 0.4) is 0 Å². The first-order valence-corrected chi connectivity index (χ1v) is 17.8. The van der Waals surface area contributed by atoms with Crippen LogP contribution in [0.15, 0.2) is 59.5 Å². The SMILES string of the molecule is C=C1CN(Sc2ccc(N(C)C)cc2)CCCN(CC2CCCCC2)CCCN(SN2CCc3c(Cl)cccc3C2)C1. The summed E-state index contributed by atoms with van der Waals surface area (Å²) < 4.78 is 7.65. The van der Waals surface area contributed by atoms with E-state index >= 15 is 0 Å². The molecule has 0 unspecified atom stereocenters. The molecule has 0 atom stereocenters. The molecule has 0 bridgehead atoms. The van der Waals surface area contributed by atoms with Gasteiger partial charge in [0.25, 0.3) is 0 Å². The maximum Gasteiger partial charge on any atom is 0.0441 e. The van der Waals surface area contributed by atoms with E-state index in [1.807, 2.05) is 30.1 Å². The first-order chi connectivity index (χ1) is 20.4. The van der Waals surface area contributed by atoms with Crippen LogP contribution in [0, 0.1) is 5.92 Å². The normalized spacial score (nSPS) is 21.5. The van der Waals surface area contributed by atoms with Crippen molar-refractivity contribution in [3.05, 3.63) is 70.8 Å². The highest BCUT2D eigenvalue weighted by Crippen LogP contribution is 2.32. The number of benzene rings is 2. The lowest BCUT2D eigenvalue weighted by Crippen LogP contribution is -2.37. The molecule has 5 rings (SSSR count). The van der Waals surface area contributed by atoms with Gasteiger partial charge >= 0.3 is 0 Å². The molecule has 0 aromatic heterocycles. The van der Waals surface area contributed by atoms with Crippen molar-refractivity contribution in [3.63, 3.8) is 0 Å². The fourth-order valence-corrected chi connectivity index (χ4v) is 9.01. The van der Waals surface area contributed by atoms with Crippen LogP contribution >= 0.6 is 35.7 Å². The van der Waals surface area contributed by atoms with Crippen LogP contribution in [-0.4, -0.2) is 84.3 Å². The molecule has 230 valence electrons. The molecular formula is C34H50ClN5S2. The summed E-state index contributed by atoms with van der Waals surface area (Å²) in [5.74, 6) is 0.887. The van der Waals surface area contributed by atoms with Crippen LogP contribution in [0.25, 0.3) is 0 Å². The average Bonchev–Trinajstić information content (AvgIpc) is 2.97. The molecule has 42 heavy (non-hydrogen) atoms. The number of rotatable bonds is 7. The highest BCUT2D eigenvalue weighted by molar-refractivity contribution is 7.97. The van der Waals surface area contributed by atoms with Gasteiger partial charge in [0.1, 0.15) is 0 Å². The van der Waals surface area contributed by atoms with E-state index in [4.69, 9.17) is 11.6 Å². The second kappa shape index (κ2) is 16.2. The topological polar surface area (TPSA) is 16.2 Å². The smallest absolute Gasteiger partial charge is 0.0441 e. The molecule has 0 amide bonds. The number of nitrogens with zero attached hydrogens (tertiary/aromatic N) is 5. The van der Waals surface area contributed by atoms with Crippen LogP contribution in [0.4, 0.5) is 5.69 Å². The second-order valence-corrected chi connectivity index (χ2v) is 15.3. The first kappa shape index (κ1) is 32.2. The van der Waals surface area contributed by atoms with Gasteiger partial charge < -0.3 is 9.80 Å². The number of hydrogen-bond donors (Lipinski definition) is 0. The Kier molecular flexibility index (Phi) is 12.4. The zero-order valence-corrected chi connectivity index (χ0v) is 28.2.